The van der Waals surface area contributed by atoms with Gasteiger partial charge in [-0.05, 0) is 62.0 Å². The molecule has 24 heavy (non-hydrogen) atoms. The maximum atomic E-state index is 6.44. The number of piperidine rings is 1. The molecule has 0 spiro atoms. The smallest absolute Gasteiger partial charge is 0.0961 e. The van der Waals surface area contributed by atoms with Crippen LogP contribution in [0, 0.1) is 13.8 Å². The number of hydrogen-bond acceptors (Lipinski definition) is 2. The minimum atomic E-state index is 0.143. The van der Waals surface area contributed by atoms with E-state index in [-0.39, 0.29) is 6.10 Å². The van der Waals surface area contributed by atoms with Crippen molar-refractivity contribution >= 4 is 0 Å². The molecule has 1 unspecified atom stereocenters. The Morgan fingerprint density at radius 3 is 2.21 bits per heavy atom. The van der Waals surface area contributed by atoms with Crippen LogP contribution in [0.3, 0.4) is 0 Å². The predicted octanol–water partition coefficient (Wildman–Crippen LogP) is 5.05. The molecule has 2 heteroatoms. The van der Waals surface area contributed by atoms with E-state index in [4.69, 9.17) is 4.74 Å². The number of benzene rings is 2. The van der Waals surface area contributed by atoms with Gasteiger partial charge in [-0.25, -0.2) is 0 Å². The van der Waals surface area contributed by atoms with Gasteiger partial charge in [-0.3, -0.25) is 0 Å². The molecule has 2 nitrogen and oxygen atoms in total. The van der Waals surface area contributed by atoms with Crippen LogP contribution >= 0.6 is 0 Å². The van der Waals surface area contributed by atoms with Crippen LogP contribution in [-0.2, 0) is 11.3 Å². The summed E-state index contributed by atoms with van der Waals surface area (Å²) in [5.74, 6) is 0. The van der Waals surface area contributed by atoms with E-state index in [1.54, 1.807) is 0 Å². The molecule has 2 aromatic rings. The molecular formula is C22H29NO. The lowest BCUT2D eigenvalue weighted by Gasteiger charge is -2.32. The van der Waals surface area contributed by atoms with Crippen molar-refractivity contribution in [3.8, 4) is 0 Å². The van der Waals surface area contributed by atoms with Gasteiger partial charge in [-0.1, -0.05) is 55.0 Å². The molecule has 0 radical (unpaired) electrons. The Labute approximate surface area is 146 Å². The quantitative estimate of drug-likeness (QED) is 0.738. The minimum Gasteiger partial charge on any atom is -0.367 e. The van der Waals surface area contributed by atoms with Crippen LogP contribution in [0.15, 0.2) is 48.5 Å². The first-order valence-electron chi connectivity index (χ1n) is 9.18. The topological polar surface area (TPSA) is 12.5 Å². The Hall–Kier alpha value is -1.64. The zero-order valence-electron chi connectivity index (χ0n) is 15.0. The molecule has 1 fully saturated rings. The molecule has 0 bridgehead atoms. The summed E-state index contributed by atoms with van der Waals surface area (Å²) in [4.78, 5) is 2.57. The maximum Gasteiger partial charge on any atom is 0.0961 e. The van der Waals surface area contributed by atoms with Gasteiger partial charge in [-0.2, -0.15) is 0 Å². The highest BCUT2D eigenvalue weighted by Crippen LogP contribution is 2.28. The lowest BCUT2D eigenvalue weighted by molar-refractivity contribution is 0.00930. The van der Waals surface area contributed by atoms with Gasteiger partial charge < -0.3 is 9.64 Å². The molecule has 0 saturated carbocycles. The molecule has 0 aromatic heterocycles. The lowest BCUT2D eigenvalue weighted by Crippen LogP contribution is -2.34. The fraction of sp³-hybridized carbons (Fsp3) is 0.455. The summed E-state index contributed by atoms with van der Waals surface area (Å²) < 4.78 is 6.44. The van der Waals surface area contributed by atoms with E-state index in [2.05, 4.69) is 67.3 Å². The molecule has 3 rings (SSSR count). The summed E-state index contributed by atoms with van der Waals surface area (Å²) in [6.07, 6.45) is 4.15. The van der Waals surface area contributed by atoms with Crippen LogP contribution in [-0.4, -0.2) is 24.5 Å². The summed E-state index contributed by atoms with van der Waals surface area (Å²) in [5.41, 5.74) is 5.29. The third-order valence-corrected chi connectivity index (χ3v) is 5.03. The van der Waals surface area contributed by atoms with E-state index in [1.165, 1.54) is 54.6 Å². The first kappa shape index (κ1) is 17.2. The van der Waals surface area contributed by atoms with Gasteiger partial charge in [-0.15, -0.1) is 0 Å². The van der Waals surface area contributed by atoms with Gasteiger partial charge in [0.15, 0.2) is 0 Å². The summed E-state index contributed by atoms with van der Waals surface area (Å²) >= 11 is 0. The zero-order chi connectivity index (χ0) is 16.8. The van der Waals surface area contributed by atoms with Gasteiger partial charge in [0.05, 0.1) is 12.7 Å². The van der Waals surface area contributed by atoms with Crippen LogP contribution in [0.25, 0.3) is 0 Å². The Bertz CT molecular complexity index is 611. The number of nitrogens with zero attached hydrogens (tertiary/aromatic N) is 1. The third kappa shape index (κ3) is 4.46. The molecule has 0 N–H and O–H groups in total. The lowest BCUT2D eigenvalue weighted by atomic mass is 9.97. The molecule has 1 atom stereocenters. The fourth-order valence-electron chi connectivity index (χ4n) is 3.71. The van der Waals surface area contributed by atoms with Crippen molar-refractivity contribution in [3.63, 3.8) is 0 Å². The Morgan fingerprint density at radius 2 is 1.54 bits per heavy atom. The second kappa shape index (κ2) is 8.46. The van der Waals surface area contributed by atoms with Crippen LogP contribution in [0.1, 0.15) is 47.6 Å². The molecule has 2 aromatic carbocycles. The second-order valence-corrected chi connectivity index (χ2v) is 6.95. The Kier molecular flexibility index (Phi) is 6.06. The third-order valence-electron chi connectivity index (χ3n) is 5.03. The summed E-state index contributed by atoms with van der Waals surface area (Å²) in [6, 6.07) is 17.1. The van der Waals surface area contributed by atoms with E-state index >= 15 is 0 Å². The van der Waals surface area contributed by atoms with Crippen molar-refractivity contribution in [2.24, 2.45) is 0 Å². The molecule has 1 saturated heterocycles. The second-order valence-electron chi connectivity index (χ2n) is 6.95. The molecule has 128 valence electrons. The van der Waals surface area contributed by atoms with Crippen molar-refractivity contribution in [2.45, 2.75) is 45.8 Å². The van der Waals surface area contributed by atoms with E-state index < -0.39 is 0 Å². The minimum absolute atomic E-state index is 0.143. The number of ether oxygens (including phenoxy) is 1. The number of aryl methyl sites for hydroxylation is 2. The monoisotopic (exact) mass is 323 g/mol. The normalized spacial score (nSPS) is 16.9. The molecule has 1 heterocycles. The van der Waals surface area contributed by atoms with Crippen LogP contribution < -0.4 is 0 Å². The summed E-state index contributed by atoms with van der Waals surface area (Å²) in [5, 5.41) is 0. The number of hydrogen-bond donors (Lipinski definition) is 0. The average molecular weight is 323 g/mol. The first-order chi connectivity index (χ1) is 11.7. The van der Waals surface area contributed by atoms with Crippen molar-refractivity contribution in [2.75, 3.05) is 19.6 Å². The SMILES string of the molecule is Cc1cccc(C)c1C(CN1CCCCC1)OCc1ccccc1. The zero-order valence-corrected chi connectivity index (χ0v) is 15.0. The average Bonchev–Trinajstić information content (AvgIpc) is 2.61. The van der Waals surface area contributed by atoms with Gasteiger partial charge in [0.1, 0.15) is 0 Å². The van der Waals surface area contributed by atoms with Crippen molar-refractivity contribution in [3.05, 3.63) is 70.8 Å². The molecular weight excluding hydrogens is 294 g/mol. The Morgan fingerprint density at radius 1 is 0.875 bits per heavy atom. The van der Waals surface area contributed by atoms with Crippen molar-refractivity contribution in [1.82, 2.24) is 4.90 Å². The Balaban J connectivity index is 1.77. The highest BCUT2D eigenvalue weighted by molar-refractivity contribution is 5.35. The maximum absolute atomic E-state index is 6.44. The van der Waals surface area contributed by atoms with Crippen molar-refractivity contribution < 1.29 is 4.74 Å². The fourth-order valence-corrected chi connectivity index (χ4v) is 3.71. The highest BCUT2D eigenvalue weighted by atomic mass is 16.5. The van der Waals surface area contributed by atoms with E-state index in [0.29, 0.717) is 6.61 Å². The van der Waals surface area contributed by atoms with Gasteiger partial charge in [0.2, 0.25) is 0 Å². The first-order valence-corrected chi connectivity index (χ1v) is 9.18. The molecule has 0 aliphatic carbocycles. The highest BCUT2D eigenvalue weighted by Gasteiger charge is 2.21. The van der Waals surface area contributed by atoms with Crippen LogP contribution in [0.5, 0.6) is 0 Å². The molecule has 0 amide bonds. The van der Waals surface area contributed by atoms with Gasteiger partial charge in [0, 0.05) is 6.54 Å². The van der Waals surface area contributed by atoms with Gasteiger partial charge in [0.25, 0.3) is 0 Å². The number of rotatable bonds is 6. The van der Waals surface area contributed by atoms with Crippen LogP contribution in [0.2, 0.25) is 0 Å². The molecule has 1 aliphatic rings. The predicted molar refractivity (Wildman–Crippen MR) is 100 cm³/mol. The number of likely N-dealkylation sites (tertiary alicyclic amines) is 1. The largest absolute Gasteiger partial charge is 0.367 e. The van der Waals surface area contributed by atoms with E-state index in [9.17, 15) is 0 Å². The summed E-state index contributed by atoms with van der Waals surface area (Å²) in [7, 11) is 0. The van der Waals surface area contributed by atoms with E-state index in [1.807, 2.05) is 0 Å². The van der Waals surface area contributed by atoms with Crippen molar-refractivity contribution in [1.29, 1.82) is 0 Å². The standard InChI is InChI=1S/C22H29NO/c1-18-10-9-11-19(2)22(18)21(16-23-14-7-4-8-15-23)24-17-20-12-5-3-6-13-20/h3,5-6,9-13,21H,4,7-8,14-17H2,1-2H3. The van der Waals surface area contributed by atoms with E-state index in [0.717, 1.165) is 6.54 Å². The summed E-state index contributed by atoms with van der Waals surface area (Å²) in [6.45, 7) is 8.49. The van der Waals surface area contributed by atoms with Gasteiger partial charge >= 0.3 is 0 Å². The molecule has 1 aliphatic heterocycles. The van der Waals surface area contributed by atoms with Crippen LogP contribution in [0.4, 0.5) is 0 Å².